The minimum Gasteiger partial charge on any atom is -0.377 e. The highest BCUT2D eigenvalue weighted by Gasteiger charge is 2.23. The van der Waals surface area contributed by atoms with Crippen molar-refractivity contribution in [2.45, 2.75) is 23.8 Å². The van der Waals surface area contributed by atoms with Crippen LogP contribution in [-0.2, 0) is 14.8 Å². The highest BCUT2D eigenvalue weighted by atomic mass is 35.5. The van der Waals surface area contributed by atoms with Gasteiger partial charge in [-0.25, -0.2) is 13.1 Å². The van der Waals surface area contributed by atoms with Crippen LogP contribution in [0.1, 0.15) is 33.6 Å². The van der Waals surface area contributed by atoms with E-state index in [2.05, 4.69) is 15.6 Å². The molecule has 1 heterocycles. The summed E-state index contributed by atoms with van der Waals surface area (Å²) < 4.78 is 33.1. The van der Waals surface area contributed by atoms with E-state index < -0.39 is 21.8 Å². The first-order chi connectivity index (χ1) is 14.3. The van der Waals surface area contributed by atoms with Gasteiger partial charge >= 0.3 is 0 Å². The second-order valence-corrected chi connectivity index (χ2v) is 9.07. The lowest BCUT2D eigenvalue weighted by molar-refractivity contribution is 0.0846. The minimum atomic E-state index is -3.96. The number of carbonyl (C=O) groups excluding carboxylic acids is 2. The van der Waals surface area contributed by atoms with Crippen LogP contribution < -0.4 is 15.6 Å². The lowest BCUT2D eigenvalue weighted by Gasteiger charge is -2.13. The first kappa shape index (κ1) is 22.5. The molecule has 1 aliphatic heterocycles. The molecule has 3 rings (SSSR count). The molecule has 2 aromatic rings. The van der Waals surface area contributed by atoms with E-state index in [0.29, 0.717) is 6.61 Å². The van der Waals surface area contributed by atoms with Crippen molar-refractivity contribution in [3.05, 3.63) is 63.6 Å². The van der Waals surface area contributed by atoms with Crippen molar-refractivity contribution in [3.63, 3.8) is 0 Å². The fourth-order valence-electron chi connectivity index (χ4n) is 2.83. The summed E-state index contributed by atoms with van der Waals surface area (Å²) in [6, 6.07) is 10.1. The van der Waals surface area contributed by atoms with Crippen LogP contribution >= 0.6 is 23.2 Å². The fraction of sp³-hybridized carbons (Fsp3) is 0.263. The smallest absolute Gasteiger partial charge is 0.271 e. The highest BCUT2D eigenvalue weighted by molar-refractivity contribution is 7.89. The third-order valence-electron chi connectivity index (χ3n) is 4.42. The molecule has 1 unspecified atom stereocenters. The van der Waals surface area contributed by atoms with Crippen molar-refractivity contribution in [1.29, 1.82) is 0 Å². The minimum absolute atomic E-state index is 0.00338. The van der Waals surface area contributed by atoms with E-state index in [1.165, 1.54) is 24.3 Å². The van der Waals surface area contributed by atoms with Crippen molar-refractivity contribution >= 4 is 45.0 Å². The van der Waals surface area contributed by atoms with E-state index in [1.54, 1.807) is 12.1 Å². The lowest BCUT2D eigenvalue weighted by atomic mass is 10.2. The first-order valence-electron chi connectivity index (χ1n) is 9.04. The Morgan fingerprint density at radius 3 is 2.47 bits per heavy atom. The van der Waals surface area contributed by atoms with Crippen molar-refractivity contribution < 1.29 is 22.7 Å². The number of sulfonamides is 1. The summed E-state index contributed by atoms with van der Waals surface area (Å²) >= 11 is 12.0. The summed E-state index contributed by atoms with van der Waals surface area (Å²) in [5, 5.41) is 0.188. The van der Waals surface area contributed by atoms with Gasteiger partial charge in [0, 0.05) is 18.7 Å². The summed E-state index contributed by atoms with van der Waals surface area (Å²) in [5.41, 5.74) is 4.63. The predicted molar refractivity (Wildman–Crippen MR) is 112 cm³/mol. The van der Waals surface area contributed by atoms with Crippen molar-refractivity contribution in [2.75, 3.05) is 13.2 Å². The number of carbonyl (C=O) groups is 2. The molecule has 0 radical (unpaired) electrons. The van der Waals surface area contributed by atoms with E-state index in [4.69, 9.17) is 27.9 Å². The number of benzene rings is 2. The van der Waals surface area contributed by atoms with Crippen molar-refractivity contribution in [2.24, 2.45) is 0 Å². The topological polar surface area (TPSA) is 114 Å². The standard InChI is InChI=1S/C19H19Cl2N3O5S/c20-15-6-2-1-5-14(15)19(26)24-23-18(25)12-7-8-16(21)17(10-12)30(27,28)22-11-13-4-3-9-29-13/h1-2,5-8,10,13,22H,3-4,9,11H2,(H,23,25)(H,24,26). The average Bonchev–Trinajstić information content (AvgIpc) is 3.24. The predicted octanol–water partition coefficient (Wildman–Crippen LogP) is 2.53. The number of halogens is 2. The van der Waals surface area contributed by atoms with Gasteiger partial charge in [0.05, 0.1) is 21.7 Å². The number of hydrogen-bond donors (Lipinski definition) is 3. The van der Waals surface area contributed by atoms with Gasteiger partial charge in [-0.05, 0) is 43.2 Å². The van der Waals surface area contributed by atoms with Crippen LogP contribution in [0.4, 0.5) is 0 Å². The molecule has 0 spiro atoms. The van der Waals surface area contributed by atoms with Crippen molar-refractivity contribution in [1.82, 2.24) is 15.6 Å². The molecule has 3 N–H and O–H groups in total. The first-order valence-corrected chi connectivity index (χ1v) is 11.3. The van der Waals surface area contributed by atoms with Gasteiger partial charge in [0.25, 0.3) is 11.8 Å². The SMILES string of the molecule is O=C(NNC(=O)c1ccccc1Cl)c1ccc(Cl)c(S(=O)(=O)NCC2CCCO2)c1. The molecule has 2 aromatic carbocycles. The zero-order valence-corrected chi connectivity index (χ0v) is 18.0. The summed E-state index contributed by atoms with van der Waals surface area (Å²) in [6.45, 7) is 0.714. The Balaban J connectivity index is 1.68. The number of hydrazine groups is 1. The monoisotopic (exact) mass is 471 g/mol. The fourth-order valence-corrected chi connectivity index (χ4v) is 4.65. The van der Waals surface area contributed by atoms with Crippen LogP contribution in [0.15, 0.2) is 47.4 Å². The number of hydrogen-bond acceptors (Lipinski definition) is 5. The highest BCUT2D eigenvalue weighted by Crippen LogP contribution is 2.23. The molecule has 1 saturated heterocycles. The Bertz CT molecular complexity index is 1060. The van der Waals surface area contributed by atoms with E-state index in [1.807, 2.05) is 0 Å². The molecular formula is C19H19Cl2N3O5S. The van der Waals surface area contributed by atoms with E-state index in [0.717, 1.165) is 18.9 Å². The summed E-state index contributed by atoms with van der Waals surface area (Å²) in [5.74, 6) is -1.34. The molecule has 11 heteroatoms. The molecule has 30 heavy (non-hydrogen) atoms. The van der Waals surface area contributed by atoms with Crippen LogP contribution in [0, 0.1) is 0 Å². The summed E-state index contributed by atoms with van der Waals surface area (Å²) in [6.07, 6.45) is 1.46. The molecule has 2 amide bonds. The summed E-state index contributed by atoms with van der Waals surface area (Å²) in [4.78, 5) is 24.3. The average molecular weight is 472 g/mol. The van der Waals surface area contributed by atoms with Gasteiger partial charge in [-0.1, -0.05) is 35.3 Å². The number of rotatable bonds is 6. The Morgan fingerprint density at radius 1 is 1.03 bits per heavy atom. The molecule has 0 aliphatic carbocycles. The Kier molecular flexibility index (Phi) is 7.32. The lowest BCUT2D eigenvalue weighted by Crippen LogP contribution is -2.41. The molecule has 1 fully saturated rings. The molecule has 0 aromatic heterocycles. The molecule has 1 aliphatic rings. The maximum atomic E-state index is 12.6. The zero-order valence-electron chi connectivity index (χ0n) is 15.7. The second kappa shape index (κ2) is 9.76. The molecule has 0 saturated carbocycles. The Labute approximate surface area is 183 Å². The van der Waals surface area contributed by atoms with Gasteiger partial charge < -0.3 is 4.74 Å². The maximum absolute atomic E-state index is 12.6. The maximum Gasteiger partial charge on any atom is 0.271 e. The quantitative estimate of drug-likeness (QED) is 0.560. The van der Waals surface area contributed by atoms with E-state index in [9.17, 15) is 18.0 Å². The van der Waals surface area contributed by atoms with Crippen LogP contribution in [0.5, 0.6) is 0 Å². The number of nitrogens with one attached hydrogen (secondary N) is 3. The van der Waals surface area contributed by atoms with Crippen LogP contribution in [0.2, 0.25) is 10.0 Å². The van der Waals surface area contributed by atoms with Gasteiger partial charge in [0.2, 0.25) is 10.0 Å². The van der Waals surface area contributed by atoms with Gasteiger partial charge in [-0.3, -0.25) is 20.4 Å². The van der Waals surface area contributed by atoms with E-state index in [-0.39, 0.29) is 38.7 Å². The van der Waals surface area contributed by atoms with Crippen LogP contribution in [0.3, 0.4) is 0 Å². The van der Waals surface area contributed by atoms with Gasteiger partial charge in [-0.2, -0.15) is 0 Å². The molecule has 160 valence electrons. The van der Waals surface area contributed by atoms with Crippen molar-refractivity contribution in [3.8, 4) is 0 Å². The zero-order chi connectivity index (χ0) is 21.7. The van der Waals surface area contributed by atoms with E-state index >= 15 is 0 Å². The molecule has 0 bridgehead atoms. The third kappa shape index (κ3) is 5.50. The largest absolute Gasteiger partial charge is 0.377 e. The third-order valence-corrected chi connectivity index (χ3v) is 6.65. The molecular weight excluding hydrogens is 453 g/mol. The number of ether oxygens (including phenoxy) is 1. The van der Waals surface area contributed by atoms with Gasteiger partial charge in [-0.15, -0.1) is 0 Å². The normalized spacial score (nSPS) is 16.3. The number of amides is 2. The molecule has 1 atom stereocenters. The second-order valence-electron chi connectivity index (χ2n) is 6.52. The van der Waals surface area contributed by atoms with Crippen LogP contribution in [0.25, 0.3) is 0 Å². The van der Waals surface area contributed by atoms with Gasteiger partial charge in [0.15, 0.2) is 0 Å². The Morgan fingerprint density at radius 2 is 1.77 bits per heavy atom. The van der Waals surface area contributed by atoms with Crippen LogP contribution in [-0.4, -0.2) is 39.5 Å². The summed E-state index contributed by atoms with van der Waals surface area (Å²) in [7, 11) is -3.96. The molecule has 8 nitrogen and oxygen atoms in total. The Hall–Kier alpha value is -2.17. The van der Waals surface area contributed by atoms with Gasteiger partial charge in [0.1, 0.15) is 4.90 Å².